The summed E-state index contributed by atoms with van der Waals surface area (Å²) in [5, 5.41) is 44.5. The SMILES string of the molecule is CC(C1CC(C)(C)NC(C)(C)C1)C(C1CC(C)(C)NC(C)(C)C1)(C1CC(C)(C)NC(C)(C)C1)C(C(=O)O)(C(=O)O)C(=O)O. The Balaban J connectivity index is 2.55. The van der Waals surface area contributed by atoms with Crippen molar-refractivity contribution in [3.63, 3.8) is 0 Å². The van der Waals surface area contributed by atoms with Gasteiger partial charge in [-0.2, -0.15) is 0 Å². The monoisotopic (exact) mass is 607 g/mol. The number of carboxylic acid groups (broad SMARTS) is 3. The van der Waals surface area contributed by atoms with Crippen LogP contribution in [0.1, 0.15) is 129 Å². The van der Waals surface area contributed by atoms with Crippen molar-refractivity contribution in [3.05, 3.63) is 0 Å². The van der Waals surface area contributed by atoms with Crippen LogP contribution in [0.3, 0.4) is 0 Å². The van der Waals surface area contributed by atoms with Gasteiger partial charge in [0.1, 0.15) is 0 Å². The lowest BCUT2D eigenvalue weighted by molar-refractivity contribution is -0.220. The Bertz CT molecular complexity index is 999. The number of carboxylic acids is 3. The van der Waals surface area contributed by atoms with E-state index in [4.69, 9.17) is 0 Å². The standard InChI is InChI=1S/C34H61N3O6/c1-20(21-14-27(2,3)35-28(4,5)15-21)33(34(24(38)39,25(40)41)26(42)43,22-16-29(6,7)36-30(8,9)17-22)23-18-31(10,11)37-32(12,13)19-23/h20-23,35-37H,14-19H2,1-13H3,(H,38,39)(H,40,41)(H,42,43). The minimum absolute atomic E-state index is 0.106. The second kappa shape index (κ2) is 10.7. The van der Waals surface area contributed by atoms with Gasteiger partial charge in [-0.25, -0.2) is 0 Å². The number of nitrogens with one attached hydrogen (secondary N) is 3. The maximum atomic E-state index is 13.7. The Kier molecular flexibility index (Phi) is 8.89. The number of hydrogen-bond acceptors (Lipinski definition) is 6. The molecule has 1 unspecified atom stereocenters. The van der Waals surface area contributed by atoms with Gasteiger partial charge in [-0.1, -0.05) is 6.92 Å². The maximum absolute atomic E-state index is 13.7. The maximum Gasteiger partial charge on any atom is 0.333 e. The quantitative estimate of drug-likeness (QED) is 0.196. The zero-order valence-corrected chi connectivity index (χ0v) is 29.1. The predicted octanol–water partition coefficient (Wildman–Crippen LogP) is 5.52. The van der Waals surface area contributed by atoms with Crippen LogP contribution in [0.4, 0.5) is 0 Å². The van der Waals surface area contributed by atoms with Gasteiger partial charge in [0.15, 0.2) is 0 Å². The van der Waals surface area contributed by atoms with Crippen molar-refractivity contribution in [2.75, 3.05) is 0 Å². The molecule has 1 atom stereocenters. The van der Waals surface area contributed by atoms with Crippen molar-refractivity contribution in [1.29, 1.82) is 0 Å². The van der Waals surface area contributed by atoms with Crippen molar-refractivity contribution in [2.24, 2.45) is 34.5 Å². The molecule has 0 aromatic carbocycles. The second-order valence-corrected chi connectivity index (χ2v) is 18.4. The summed E-state index contributed by atoms with van der Waals surface area (Å²) in [6.45, 7) is 27.0. The minimum atomic E-state index is -3.05. The normalized spacial score (nSPS) is 28.1. The molecule has 0 radical (unpaired) electrons. The molecular weight excluding hydrogens is 546 g/mol. The van der Waals surface area contributed by atoms with Crippen molar-refractivity contribution in [3.8, 4) is 0 Å². The topological polar surface area (TPSA) is 148 Å². The Labute approximate surface area is 259 Å². The van der Waals surface area contributed by atoms with E-state index in [1.807, 2.05) is 6.92 Å². The number of rotatable bonds is 8. The first kappa shape index (κ1) is 35.8. The third kappa shape index (κ3) is 6.51. The molecule has 3 fully saturated rings. The molecular formula is C34H61N3O6. The Hall–Kier alpha value is -1.71. The van der Waals surface area contributed by atoms with Crippen LogP contribution in [0.2, 0.25) is 0 Å². The van der Waals surface area contributed by atoms with Crippen LogP contribution in [0.25, 0.3) is 0 Å². The molecule has 0 saturated carbocycles. The third-order valence-corrected chi connectivity index (χ3v) is 11.0. The molecule has 6 N–H and O–H groups in total. The number of piperidine rings is 3. The summed E-state index contributed by atoms with van der Waals surface area (Å²) in [4.78, 5) is 41.2. The van der Waals surface area contributed by atoms with Crippen molar-refractivity contribution < 1.29 is 29.7 Å². The van der Waals surface area contributed by atoms with Gasteiger partial charge in [-0.3, -0.25) is 14.4 Å². The molecule has 3 heterocycles. The van der Waals surface area contributed by atoms with E-state index in [0.29, 0.717) is 38.5 Å². The molecule has 3 aliphatic rings. The van der Waals surface area contributed by atoms with Gasteiger partial charge >= 0.3 is 17.9 Å². The lowest BCUT2D eigenvalue weighted by Gasteiger charge is -2.65. The molecule has 3 aliphatic heterocycles. The minimum Gasteiger partial charge on any atom is -0.480 e. The van der Waals surface area contributed by atoms with Crippen LogP contribution in [0, 0.1) is 34.5 Å². The van der Waals surface area contributed by atoms with E-state index in [1.54, 1.807) is 0 Å². The zero-order valence-electron chi connectivity index (χ0n) is 29.1. The molecule has 0 aromatic rings. The van der Waals surface area contributed by atoms with Gasteiger partial charge in [0.2, 0.25) is 0 Å². The summed E-state index contributed by atoms with van der Waals surface area (Å²) in [5.74, 6) is -6.92. The number of hydrogen-bond donors (Lipinski definition) is 6. The highest BCUT2D eigenvalue weighted by molar-refractivity contribution is 6.17. The van der Waals surface area contributed by atoms with Gasteiger partial charge in [-0.15, -0.1) is 0 Å². The van der Waals surface area contributed by atoms with Gasteiger partial charge in [0.25, 0.3) is 5.41 Å². The number of carbonyl (C=O) groups is 3. The summed E-state index contributed by atoms with van der Waals surface area (Å²) < 4.78 is 0. The average molecular weight is 608 g/mol. The van der Waals surface area contributed by atoms with Crippen LogP contribution in [-0.2, 0) is 14.4 Å². The van der Waals surface area contributed by atoms with E-state index in [9.17, 15) is 29.7 Å². The molecule has 0 aromatic heterocycles. The van der Waals surface area contributed by atoms with E-state index >= 15 is 0 Å². The van der Waals surface area contributed by atoms with E-state index in [0.717, 1.165) is 0 Å². The Morgan fingerprint density at radius 2 is 0.767 bits per heavy atom. The molecule has 0 aliphatic carbocycles. The van der Waals surface area contributed by atoms with E-state index in [2.05, 4.69) is 99.0 Å². The first-order valence-electron chi connectivity index (χ1n) is 16.1. The van der Waals surface area contributed by atoms with Crippen LogP contribution in [-0.4, -0.2) is 66.5 Å². The lowest BCUT2D eigenvalue weighted by atomic mass is 9.39. The highest BCUT2D eigenvalue weighted by Gasteiger charge is 2.76. The average Bonchev–Trinajstić information content (AvgIpc) is 2.69. The summed E-state index contributed by atoms with van der Waals surface area (Å²) in [7, 11) is 0. The first-order valence-corrected chi connectivity index (χ1v) is 16.1. The smallest absolute Gasteiger partial charge is 0.333 e. The molecule has 9 heteroatoms. The fourth-order valence-corrected chi connectivity index (χ4v) is 11.3. The second-order valence-electron chi connectivity index (χ2n) is 18.4. The molecule has 248 valence electrons. The molecule has 0 amide bonds. The van der Waals surface area contributed by atoms with Gasteiger partial charge in [-0.05, 0) is 145 Å². The van der Waals surface area contributed by atoms with Crippen LogP contribution >= 0.6 is 0 Å². The largest absolute Gasteiger partial charge is 0.480 e. The highest BCUT2D eigenvalue weighted by Crippen LogP contribution is 2.67. The fraction of sp³-hybridized carbons (Fsp3) is 0.912. The van der Waals surface area contributed by atoms with Crippen LogP contribution in [0.5, 0.6) is 0 Å². The first-order chi connectivity index (χ1) is 19.0. The molecule has 0 spiro atoms. The zero-order chi connectivity index (χ0) is 33.4. The molecule has 0 bridgehead atoms. The van der Waals surface area contributed by atoms with Gasteiger partial charge < -0.3 is 31.3 Å². The highest BCUT2D eigenvalue weighted by atomic mass is 16.4. The number of aliphatic carboxylic acids is 3. The van der Waals surface area contributed by atoms with Crippen molar-refractivity contribution in [2.45, 2.75) is 162 Å². The van der Waals surface area contributed by atoms with Crippen LogP contribution < -0.4 is 16.0 Å². The predicted molar refractivity (Wildman–Crippen MR) is 169 cm³/mol. The molecule has 3 saturated heterocycles. The summed E-state index contributed by atoms with van der Waals surface area (Å²) >= 11 is 0. The summed E-state index contributed by atoms with van der Waals surface area (Å²) in [5.41, 5.74) is -7.14. The lowest BCUT2D eigenvalue weighted by Crippen LogP contribution is -2.74. The molecule has 9 nitrogen and oxygen atoms in total. The van der Waals surface area contributed by atoms with E-state index in [-0.39, 0.29) is 17.0 Å². The summed E-state index contributed by atoms with van der Waals surface area (Å²) in [6.07, 6.45) is 3.25. The third-order valence-electron chi connectivity index (χ3n) is 11.0. The Morgan fingerprint density at radius 3 is 1.00 bits per heavy atom. The van der Waals surface area contributed by atoms with E-state index in [1.165, 1.54) is 0 Å². The Morgan fingerprint density at radius 1 is 0.535 bits per heavy atom. The van der Waals surface area contributed by atoms with Crippen molar-refractivity contribution >= 4 is 17.9 Å². The fourth-order valence-electron chi connectivity index (χ4n) is 11.3. The van der Waals surface area contributed by atoms with E-state index < -0.39 is 68.6 Å². The van der Waals surface area contributed by atoms with Gasteiger partial charge in [0.05, 0.1) is 0 Å². The van der Waals surface area contributed by atoms with Crippen LogP contribution in [0.15, 0.2) is 0 Å². The molecule has 3 rings (SSSR count). The van der Waals surface area contributed by atoms with Gasteiger partial charge in [0, 0.05) is 38.6 Å². The summed E-state index contributed by atoms with van der Waals surface area (Å²) in [6, 6.07) is 0. The molecule has 43 heavy (non-hydrogen) atoms. The van der Waals surface area contributed by atoms with Crippen molar-refractivity contribution in [1.82, 2.24) is 16.0 Å².